The second-order valence-corrected chi connectivity index (χ2v) is 4.96. The average molecular weight is 268 g/mol. The fourth-order valence-electron chi connectivity index (χ4n) is 1.97. The smallest absolute Gasteiger partial charge is 0.229 e. The number of aromatic nitrogens is 1. The fraction of sp³-hybridized carbons (Fsp3) is 0.417. The number of anilines is 1. The predicted molar refractivity (Wildman–Crippen MR) is 67.6 cm³/mol. The Morgan fingerprint density at radius 1 is 1.39 bits per heavy atom. The molecule has 18 heavy (non-hydrogen) atoms. The van der Waals surface area contributed by atoms with Gasteiger partial charge in [-0.05, 0) is 18.1 Å². The summed E-state index contributed by atoms with van der Waals surface area (Å²) in [5.74, 6) is 0.0586. The summed E-state index contributed by atoms with van der Waals surface area (Å²) >= 11 is 5.97. The van der Waals surface area contributed by atoms with Crippen LogP contribution < -0.4 is 5.73 Å². The molecule has 0 radical (unpaired) electrons. The lowest BCUT2D eigenvalue weighted by atomic mass is 9.97. The van der Waals surface area contributed by atoms with Crippen LogP contribution in [0.4, 0.5) is 5.82 Å². The highest BCUT2D eigenvalue weighted by molar-refractivity contribution is 6.31. The van der Waals surface area contributed by atoms with E-state index in [1.165, 1.54) is 4.90 Å². The molecular formula is C12H14ClN3O2. The van der Waals surface area contributed by atoms with Gasteiger partial charge in [-0.1, -0.05) is 18.5 Å². The Kier molecular flexibility index (Phi) is 3.52. The first-order valence-corrected chi connectivity index (χ1v) is 6.09. The first-order chi connectivity index (χ1) is 8.47. The molecule has 1 fully saturated rings. The quantitative estimate of drug-likeness (QED) is 0.826. The van der Waals surface area contributed by atoms with E-state index in [4.69, 9.17) is 17.3 Å². The SMILES string of the molecule is CC1CC(=O)N(Cc2nc(N)ccc2Cl)C(=O)C1. The van der Waals surface area contributed by atoms with Gasteiger partial charge in [0.05, 0.1) is 17.3 Å². The van der Waals surface area contributed by atoms with Gasteiger partial charge in [0.15, 0.2) is 0 Å². The normalized spacial score (nSPS) is 17.3. The molecule has 0 saturated carbocycles. The molecule has 5 nitrogen and oxygen atoms in total. The summed E-state index contributed by atoms with van der Waals surface area (Å²) in [5.41, 5.74) is 6.02. The summed E-state index contributed by atoms with van der Waals surface area (Å²) in [5, 5.41) is 0.406. The number of nitrogens with two attached hydrogens (primary N) is 1. The number of pyridine rings is 1. The van der Waals surface area contributed by atoms with E-state index >= 15 is 0 Å². The first-order valence-electron chi connectivity index (χ1n) is 5.71. The Bertz CT molecular complexity index is 486. The van der Waals surface area contributed by atoms with E-state index in [0.29, 0.717) is 29.4 Å². The van der Waals surface area contributed by atoms with Crippen LogP contribution in [-0.4, -0.2) is 21.7 Å². The number of nitrogens with zero attached hydrogens (tertiary/aromatic N) is 2. The minimum Gasteiger partial charge on any atom is -0.384 e. The Balaban J connectivity index is 2.20. The number of rotatable bonds is 2. The van der Waals surface area contributed by atoms with E-state index in [0.717, 1.165) is 0 Å². The lowest BCUT2D eigenvalue weighted by Crippen LogP contribution is -2.42. The summed E-state index contributed by atoms with van der Waals surface area (Å²) in [6, 6.07) is 3.19. The van der Waals surface area contributed by atoms with Gasteiger partial charge < -0.3 is 5.73 Å². The lowest BCUT2D eigenvalue weighted by molar-refractivity contribution is -0.150. The molecule has 1 aliphatic rings. The van der Waals surface area contributed by atoms with Crippen LogP contribution in [0.5, 0.6) is 0 Å². The third-order valence-corrected chi connectivity index (χ3v) is 3.24. The molecule has 6 heteroatoms. The molecule has 2 rings (SSSR count). The maximum atomic E-state index is 11.8. The van der Waals surface area contributed by atoms with E-state index in [1.807, 2.05) is 6.92 Å². The Labute approximate surface area is 110 Å². The van der Waals surface area contributed by atoms with Crippen molar-refractivity contribution in [3.8, 4) is 0 Å². The van der Waals surface area contributed by atoms with Gasteiger partial charge in [-0.3, -0.25) is 14.5 Å². The number of carbonyl (C=O) groups is 2. The molecule has 1 saturated heterocycles. The molecule has 2 amide bonds. The van der Waals surface area contributed by atoms with Crippen molar-refractivity contribution in [1.29, 1.82) is 0 Å². The van der Waals surface area contributed by atoms with Crippen LogP contribution in [0.15, 0.2) is 12.1 Å². The van der Waals surface area contributed by atoms with Gasteiger partial charge in [0.2, 0.25) is 11.8 Å². The van der Waals surface area contributed by atoms with Crippen molar-refractivity contribution in [3.05, 3.63) is 22.8 Å². The number of piperidine rings is 1. The van der Waals surface area contributed by atoms with E-state index in [-0.39, 0.29) is 24.3 Å². The summed E-state index contributed by atoms with van der Waals surface area (Å²) in [4.78, 5) is 28.9. The number of carbonyl (C=O) groups excluding carboxylic acids is 2. The van der Waals surface area contributed by atoms with Gasteiger partial charge in [0, 0.05) is 12.8 Å². The van der Waals surface area contributed by atoms with Gasteiger partial charge in [-0.2, -0.15) is 0 Å². The van der Waals surface area contributed by atoms with Crippen LogP contribution >= 0.6 is 11.6 Å². The zero-order valence-electron chi connectivity index (χ0n) is 10.0. The van der Waals surface area contributed by atoms with Gasteiger partial charge in [0.1, 0.15) is 5.82 Å². The zero-order chi connectivity index (χ0) is 13.3. The molecule has 2 N–H and O–H groups in total. The highest BCUT2D eigenvalue weighted by Crippen LogP contribution is 2.23. The maximum absolute atomic E-state index is 11.8. The molecule has 0 aromatic carbocycles. The minimum absolute atomic E-state index is 0.0915. The van der Waals surface area contributed by atoms with E-state index in [1.54, 1.807) is 12.1 Å². The number of likely N-dealkylation sites (tertiary alicyclic amines) is 1. The summed E-state index contributed by atoms with van der Waals surface area (Å²) in [6.07, 6.45) is 0.761. The number of nitrogen functional groups attached to an aromatic ring is 1. The van der Waals surface area contributed by atoms with Crippen LogP contribution in [0.3, 0.4) is 0 Å². The number of hydrogen-bond donors (Lipinski definition) is 1. The number of amides is 2. The second kappa shape index (κ2) is 4.94. The molecule has 1 aromatic rings. The zero-order valence-corrected chi connectivity index (χ0v) is 10.8. The van der Waals surface area contributed by atoms with Crippen LogP contribution in [0.1, 0.15) is 25.5 Å². The Morgan fingerprint density at radius 3 is 2.61 bits per heavy atom. The molecule has 0 unspecified atom stereocenters. The molecule has 96 valence electrons. The average Bonchev–Trinajstić information content (AvgIpc) is 2.28. The second-order valence-electron chi connectivity index (χ2n) is 4.55. The molecule has 0 aliphatic carbocycles. The van der Waals surface area contributed by atoms with E-state index in [9.17, 15) is 9.59 Å². The largest absolute Gasteiger partial charge is 0.384 e. The number of imide groups is 1. The standard InChI is InChI=1S/C12H14ClN3O2/c1-7-4-11(17)16(12(18)5-7)6-9-8(13)2-3-10(14)15-9/h2-3,7H,4-6H2,1H3,(H2,14,15). The monoisotopic (exact) mass is 267 g/mol. The van der Waals surface area contributed by atoms with E-state index < -0.39 is 0 Å². The molecule has 0 atom stereocenters. The molecule has 1 aromatic heterocycles. The number of halogens is 1. The topological polar surface area (TPSA) is 76.3 Å². The maximum Gasteiger partial charge on any atom is 0.229 e. The van der Waals surface area contributed by atoms with E-state index in [2.05, 4.69) is 4.98 Å². The van der Waals surface area contributed by atoms with Crippen LogP contribution in [0.2, 0.25) is 5.02 Å². The summed E-state index contributed by atoms with van der Waals surface area (Å²) in [6.45, 7) is 1.98. The van der Waals surface area contributed by atoms with Gasteiger partial charge >= 0.3 is 0 Å². The first kappa shape index (κ1) is 12.8. The van der Waals surface area contributed by atoms with Gasteiger partial charge in [-0.25, -0.2) is 4.98 Å². The van der Waals surface area contributed by atoms with Crippen molar-refractivity contribution in [3.63, 3.8) is 0 Å². The molecule has 0 spiro atoms. The highest BCUT2D eigenvalue weighted by Gasteiger charge is 2.30. The van der Waals surface area contributed by atoms with Crippen LogP contribution in [0, 0.1) is 5.92 Å². The minimum atomic E-state index is -0.181. The van der Waals surface area contributed by atoms with Crippen molar-refractivity contribution in [2.45, 2.75) is 26.3 Å². The molecule has 1 aliphatic heterocycles. The fourth-order valence-corrected chi connectivity index (χ4v) is 2.13. The van der Waals surface area contributed by atoms with Crippen LogP contribution in [0.25, 0.3) is 0 Å². The highest BCUT2D eigenvalue weighted by atomic mass is 35.5. The number of hydrogen-bond acceptors (Lipinski definition) is 4. The van der Waals surface area contributed by atoms with Crippen molar-refractivity contribution in [2.24, 2.45) is 5.92 Å². The summed E-state index contributed by atoms with van der Waals surface area (Å²) < 4.78 is 0. The van der Waals surface area contributed by atoms with Crippen molar-refractivity contribution >= 4 is 29.2 Å². The molecular weight excluding hydrogens is 254 g/mol. The molecule has 0 bridgehead atoms. The van der Waals surface area contributed by atoms with Gasteiger partial charge in [-0.15, -0.1) is 0 Å². The Hall–Kier alpha value is -1.62. The molecule has 2 heterocycles. The van der Waals surface area contributed by atoms with Crippen molar-refractivity contribution < 1.29 is 9.59 Å². The van der Waals surface area contributed by atoms with Crippen molar-refractivity contribution in [1.82, 2.24) is 9.88 Å². The predicted octanol–water partition coefficient (Wildman–Crippen LogP) is 1.60. The third-order valence-electron chi connectivity index (χ3n) is 2.90. The Morgan fingerprint density at radius 2 is 2.00 bits per heavy atom. The third kappa shape index (κ3) is 2.61. The summed E-state index contributed by atoms with van der Waals surface area (Å²) in [7, 11) is 0. The van der Waals surface area contributed by atoms with Crippen molar-refractivity contribution in [2.75, 3.05) is 5.73 Å². The van der Waals surface area contributed by atoms with Crippen LogP contribution in [-0.2, 0) is 16.1 Å². The van der Waals surface area contributed by atoms with Gasteiger partial charge in [0.25, 0.3) is 0 Å². The lowest BCUT2D eigenvalue weighted by Gasteiger charge is -2.28.